The lowest BCUT2D eigenvalue weighted by molar-refractivity contribution is 0.0589. The zero-order chi connectivity index (χ0) is 12.8. The van der Waals surface area contributed by atoms with Gasteiger partial charge in [0.15, 0.2) is 0 Å². The van der Waals surface area contributed by atoms with Gasteiger partial charge in [-0.1, -0.05) is 29.3 Å². The second-order valence-electron chi connectivity index (χ2n) is 4.60. The Balaban J connectivity index is 2.14. The fourth-order valence-corrected chi connectivity index (χ4v) is 2.89. The van der Waals surface area contributed by atoms with E-state index < -0.39 is 5.60 Å². The molecule has 1 N–H and O–H groups in total. The molecule has 1 heterocycles. The van der Waals surface area contributed by atoms with Gasteiger partial charge in [-0.15, -0.1) is 0 Å². The van der Waals surface area contributed by atoms with Crippen molar-refractivity contribution in [2.24, 2.45) is 0 Å². The van der Waals surface area contributed by atoms with E-state index in [1.165, 1.54) is 0 Å². The van der Waals surface area contributed by atoms with Crippen LogP contribution in [0.25, 0.3) is 0 Å². The number of hydrogen-bond donors (Lipinski definition) is 1. The summed E-state index contributed by atoms with van der Waals surface area (Å²) in [6.45, 7) is 0. The van der Waals surface area contributed by atoms with Gasteiger partial charge in [-0.05, 0) is 36.6 Å². The highest BCUT2D eigenvalue weighted by atomic mass is 35.5. The predicted octanol–water partition coefficient (Wildman–Crippen LogP) is 4.16. The number of hydrogen-bond acceptors (Lipinski definition) is 2. The minimum Gasteiger partial charge on any atom is -0.469 e. The maximum absolute atomic E-state index is 10.9. The summed E-state index contributed by atoms with van der Waals surface area (Å²) in [5.74, 6) is 0.856. The number of aliphatic hydroxyl groups is 1. The molecule has 18 heavy (non-hydrogen) atoms. The number of benzene rings is 1. The van der Waals surface area contributed by atoms with Crippen LogP contribution >= 0.6 is 23.2 Å². The fourth-order valence-electron chi connectivity index (χ4n) is 2.60. The van der Waals surface area contributed by atoms with Crippen molar-refractivity contribution < 1.29 is 9.52 Å². The van der Waals surface area contributed by atoms with Crippen molar-refractivity contribution in [2.75, 3.05) is 0 Å². The monoisotopic (exact) mass is 282 g/mol. The molecule has 1 aromatic carbocycles. The van der Waals surface area contributed by atoms with Crippen LogP contribution in [0.15, 0.2) is 34.9 Å². The Morgan fingerprint density at radius 1 is 1.17 bits per heavy atom. The van der Waals surface area contributed by atoms with Crippen molar-refractivity contribution in [3.8, 4) is 0 Å². The number of rotatable bonds is 1. The van der Waals surface area contributed by atoms with E-state index in [0.717, 1.165) is 29.7 Å². The van der Waals surface area contributed by atoms with Gasteiger partial charge in [0.05, 0.1) is 16.3 Å². The molecule has 0 saturated heterocycles. The van der Waals surface area contributed by atoms with Crippen molar-refractivity contribution in [1.29, 1.82) is 0 Å². The van der Waals surface area contributed by atoms with Crippen LogP contribution in [0.1, 0.15) is 29.7 Å². The molecule has 4 heteroatoms. The van der Waals surface area contributed by atoms with Crippen molar-refractivity contribution >= 4 is 23.2 Å². The van der Waals surface area contributed by atoms with Gasteiger partial charge in [-0.3, -0.25) is 0 Å². The molecule has 2 nitrogen and oxygen atoms in total. The molecule has 0 aliphatic heterocycles. The topological polar surface area (TPSA) is 33.4 Å². The molecule has 0 saturated carbocycles. The molecule has 2 aromatic rings. The minimum absolute atomic E-state index is 0.457. The summed E-state index contributed by atoms with van der Waals surface area (Å²) in [5.41, 5.74) is 0.584. The summed E-state index contributed by atoms with van der Waals surface area (Å²) >= 11 is 11.9. The molecule has 1 atom stereocenters. The Hall–Kier alpha value is -0.960. The van der Waals surface area contributed by atoms with E-state index in [0.29, 0.717) is 16.5 Å². The van der Waals surface area contributed by atoms with Gasteiger partial charge < -0.3 is 9.52 Å². The summed E-state index contributed by atoms with van der Waals surface area (Å²) in [7, 11) is 0. The van der Waals surface area contributed by atoms with Crippen LogP contribution in [0.2, 0.25) is 10.0 Å². The van der Waals surface area contributed by atoms with E-state index in [4.69, 9.17) is 27.6 Å². The predicted molar refractivity (Wildman–Crippen MR) is 71.1 cm³/mol. The number of furan rings is 1. The average molecular weight is 283 g/mol. The summed E-state index contributed by atoms with van der Waals surface area (Å²) in [6, 6.07) is 7.09. The quantitative estimate of drug-likeness (QED) is 0.852. The molecule has 0 spiro atoms. The third kappa shape index (κ3) is 1.76. The first-order chi connectivity index (χ1) is 8.61. The Bertz CT molecular complexity index is 591. The fraction of sp³-hybridized carbons (Fsp3) is 0.286. The molecule has 94 valence electrons. The SMILES string of the molecule is OC1(c2ccc(Cl)c(Cl)c2)CCCc2occc21. The van der Waals surface area contributed by atoms with Crippen molar-refractivity contribution in [3.05, 3.63) is 57.5 Å². The summed E-state index contributed by atoms with van der Waals surface area (Å²) < 4.78 is 5.41. The lowest BCUT2D eigenvalue weighted by Crippen LogP contribution is -2.30. The molecule has 1 aromatic heterocycles. The third-order valence-electron chi connectivity index (χ3n) is 3.53. The Morgan fingerprint density at radius 2 is 2.00 bits per heavy atom. The highest BCUT2D eigenvalue weighted by molar-refractivity contribution is 6.42. The molecule has 0 amide bonds. The van der Waals surface area contributed by atoms with Crippen LogP contribution in [-0.4, -0.2) is 5.11 Å². The van der Waals surface area contributed by atoms with Crippen LogP contribution < -0.4 is 0 Å². The standard InChI is InChI=1S/C14H12Cl2O2/c15-11-4-3-9(8-12(11)16)14(17)6-1-2-13-10(14)5-7-18-13/h3-5,7-8,17H,1-2,6H2. The van der Waals surface area contributed by atoms with Gasteiger partial charge in [0.2, 0.25) is 0 Å². The van der Waals surface area contributed by atoms with Crippen LogP contribution in [0, 0.1) is 0 Å². The van der Waals surface area contributed by atoms with Gasteiger partial charge in [-0.2, -0.15) is 0 Å². The average Bonchev–Trinajstić information content (AvgIpc) is 2.82. The van der Waals surface area contributed by atoms with Gasteiger partial charge >= 0.3 is 0 Å². The minimum atomic E-state index is -1.02. The molecular weight excluding hydrogens is 271 g/mol. The summed E-state index contributed by atoms with van der Waals surface area (Å²) in [6.07, 6.45) is 4.04. The van der Waals surface area contributed by atoms with Gasteiger partial charge in [0.1, 0.15) is 11.4 Å². The Labute approximate surface area is 115 Å². The second-order valence-corrected chi connectivity index (χ2v) is 5.41. The third-order valence-corrected chi connectivity index (χ3v) is 4.27. The van der Waals surface area contributed by atoms with E-state index >= 15 is 0 Å². The van der Waals surface area contributed by atoms with E-state index in [1.807, 2.05) is 12.1 Å². The smallest absolute Gasteiger partial charge is 0.118 e. The van der Waals surface area contributed by atoms with Crippen LogP contribution in [-0.2, 0) is 12.0 Å². The van der Waals surface area contributed by atoms with Gasteiger partial charge in [-0.25, -0.2) is 0 Å². The van der Waals surface area contributed by atoms with Gasteiger partial charge in [0, 0.05) is 12.0 Å². The lowest BCUT2D eigenvalue weighted by atomic mass is 9.78. The van der Waals surface area contributed by atoms with E-state index in [2.05, 4.69) is 0 Å². The Morgan fingerprint density at radius 3 is 2.78 bits per heavy atom. The number of halogens is 2. The highest BCUT2D eigenvalue weighted by Gasteiger charge is 2.38. The van der Waals surface area contributed by atoms with Crippen LogP contribution in [0.5, 0.6) is 0 Å². The molecule has 0 radical (unpaired) electrons. The van der Waals surface area contributed by atoms with Crippen molar-refractivity contribution in [1.82, 2.24) is 0 Å². The maximum Gasteiger partial charge on any atom is 0.118 e. The zero-order valence-corrected chi connectivity index (χ0v) is 11.1. The largest absolute Gasteiger partial charge is 0.469 e. The molecular formula is C14H12Cl2O2. The van der Waals surface area contributed by atoms with Crippen LogP contribution in [0.3, 0.4) is 0 Å². The maximum atomic E-state index is 10.9. The first kappa shape index (κ1) is 12.1. The van der Waals surface area contributed by atoms with Crippen molar-refractivity contribution in [2.45, 2.75) is 24.9 Å². The Kier molecular flexibility index (Phi) is 2.89. The van der Waals surface area contributed by atoms with Crippen molar-refractivity contribution in [3.63, 3.8) is 0 Å². The summed E-state index contributed by atoms with van der Waals surface area (Å²) in [4.78, 5) is 0. The van der Waals surface area contributed by atoms with E-state index in [9.17, 15) is 5.11 Å². The molecule has 1 aliphatic carbocycles. The van der Waals surface area contributed by atoms with Crippen LogP contribution in [0.4, 0.5) is 0 Å². The summed E-state index contributed by atoms with van der Waals surface area (Å²) in [5, 5.41) is 11.9. The lowest BCUT2D eigenvalue weighted by Gasteiger charge is -2.32. The molecule has 1 unspecified atom stereocenters. The number of fused-ring (bicyclic) bond motifs is 1. The zero-order valence-electron chi connectivity index (χ0n) is 9.62. The van der Waals surface area contributed by atoms with Gasteiger partial charge in [0.25, 0.3) is 0 Å². The normalized spacial score (nSPS) is 22.8. The molecule has 3 rings (SSSR count). The number of aryl methyl sites for hydroxylation is 1. The molecule has 0 fully saturated rings. The second kappa shape index (κ2) is 4.30. The first-order valence-corrected chi connectivity index (χ1v) is 6.61. The molecule has 0 bridgehead atoms. The van der Waals surface area contributed by atoms with E-state index in [-0.39, 0.29) is 0 Å². The molecule has 1 aliphatic rings. The first-order valence-electron chi connectivity index (χ1n) is 5.86. The van der Waals surface area contributed by atoms with E-state index in [1.54, 1.807) is 18.4 Å². The highest BCUT2D eigenvalue weighted by Crippen LogP contribution is 2.42.